The molecule has 0 saturated heterocycles. The fraction of sp³-hybridized carbons (Fsp3) is 0.235. The predicted octanol–water partition coefficient (Wildman–Crippen LogP) is 3.90. The van der Waals surface area contributed by atoms with E-state index in [-0.39, 0.29) is 0 Å². The molecule has 1 aromatic rings. The Hall–Kier alpha value is -2.09. The molecule has 1 heterocycles. The van der Waals surface area contributed by atoms with Gasteiger partial charge < -0.3 is 5.32 Å². The van der Waals surface area contributed by atoms with Gasteiger partial charge in [0.1, 0.15) is 0 Å². The van der Waals surface area contributed by atoms with Gasteiger partial charge in [0.05, 0.1) is 5.70 Å². The topological polar surface area (TPSA) is 24.4 Å². The molecule has 0 amide bonds. The lowest BCUT2D eigenvalue weighted by molar-refractivity contribution is 1.02. The van der Waals surface area contributed by atoms with Gasteiger partial charge in [0.25, 0.3) is 0 Å². The summed E-state index contributed by atoms with van der Waals surface area (Å²) in [5.41, 5.74) is 6.71. The number of nitrogens with zero attached hydrogens (tertiary/aromatic N) is 1. The molecule has 0 unspecified atom stereocenters. The van der Waals surface area contributed by atoms with Crippen molar-refractivity contribution in [3.8, 4) is 0 Å². The Kier molecular flexibility index (Phi) is 4.00. The summed E-state index contributed by atoms with van der Waals surface area (Å²) in [5.74, 6) is 0. The van der Waals surface area contributed by atoms with Crippen LogP contribution in [0.5, 0.6) is 0 Å². The van der Waals surface area contributed by atoms with Crippen LogP contribution in [-0.2, 0) is 6.42 Å². The summed E-state index contributed by atoms with van der Waals surface area (Å²) >= 11 is 0. The van der Waals surface area contributed by atoms with Crippen molar-refractivity contribution in [2.24, 2.45) is 4.99 Å². The molecule has 0 radical (unpaired) electrons. The van der Waals surface area contributed by atoms with Crippen molar-refractivity contribution in [3.63, 3.8) is 0 Å². The molecule has 2 nitrogen and oxygen atoms in total. The zero-order chi connectivity index (χ0) is 13.8. The van der Waals surface area contributed by atoms with E-state index >= 15 is 0 Å². The molecule has 2 heteroatoms. The molecule has 1 aliphatic heterocycles. The lowest BCUT2D eigenvalue weighted by atomic mass is 10.1. The highest BCUT2D eigenvalue weighted by molar-refractivity contribution is 5.85. The molecule has 0 saturated carbocycles. The van der Waals surface area contributed by atoms with Gasteiger partial charge in [-0.05, 0) is 38.0 Å². The third-order valence-corrected chi connectivity index (χ3v) is 3.23. The molecule has 0 spiro atoms. The molecule has 0 aliphatic carbocycles. The Morgan fingerprint density at radius 2 is 1.89 bits per heavy atom. The standard InChI is InChI=1S/C17H20N2/c1-12-5-7-16(8-6-12)11-13(2)19-17-9-10-18-15(4)14(17)3/h5-10,18H,4,11H2,1-3H3. The molecule has 1 N–H and O–H groups in total. The van der Waals surface area contributed by atoms with Gasteiger partial charge in [-0.25, -0.2) is 0 Å². The summed E-state index contributed by atoms with van der Waals surface area (Å²) in [6.07, 6.45) is 4.75. The third kappa shape index (κ3) is 3.44. The second-order valence-corrected chi connectivity index (χ2v) is 4.98. The van der Waals surface area contributed by atoms with Crippen molar-refractivity contribution in [1.29, 1.82) is 0 Å². The van der Waals surface area contributed by atoms with Crippen molar-refractivity contribution >= 4 is 5.71 Å². The van der Waals surface area contributed by atoms with Crippen molar-refractivity contribution in [1.82, 2.24) is 5.32 Å². The first kappa shape index (κ1) is 13.3. The van der Waals surface area contributed by atoms with Crippen molar-refractivity contribution < 1.29 is 0 Å². The third-order valence-electron chi connectivity index (χ3n) is 3.23. The van der Waals surface area contributed by atoms with E-state index in [9.17, 15) is 0 Å². The van der Waals surface area contributed by atoms with E-state index < -0.39 is 0 Å². The minimum Gasteiger partial charge on any atom is -0.362 e. The monoisotopic (exact) mass is 252 g/mol. The Labute approximate surface area is 115 Å². The number of aliphatic imine (C=N–C) groups is 1. The van der Waals surface area contributed by atoms with E-state index in [2.05, 4.69) is 50.0 Å². The molecular formula is C17H20N2. The van der Waals surface area contributed by atoms with Crippen LogP contribution < -0.4 is 5.32 Å². The number of aryl methyl sites for hydroxylation is 1. The zero-order valence-electron chi connectivity index (χ0n) is 11.8. The van der Waals surface area contributed by atoms with Crippen LogP contribution in [0.3, 0.4) is 0 Å². The second kappa shape index (κ2) is 5.70. The number of nitrogens with one attached hydrogen (secondary N) is 1. The van der Waals surface area contributed by atoms with E-state index in [0.29, 0.717) is 0 Å². The van der Waals surface area contributed by atoms with Crippen LogP contribution in [0.2, 0.25) is 0 Å². The quantitative estimate of drug-likeness (QED) is 0.811. The number of hydrogen-bond donors (Lipinski definition) is 1. The van der Waals surface area contributed by atoms with Crippen LogP contribution in [0.4, 0.5) is 0 Å². The lowest BCUT2D eigenvalue weighted by Gasteiger charge is -2.14. The number of allylic oxidation sites excluding steroid dienone is 2. The molecule has 1 aliphatic rings. The fourth-order valence-corrected chi connectivity index (χ4v) is 1.98. The van der Waals surface area contributed by atoms with Crippen LogP contribution in [0.15, 0.2) is 65.1 Å². The molecular weight excluding hydrogens is 232 g/mol. The largest absolute Gasteiger partial charge is 0.362 e. The van der Waals surface area contributed by atoms with Gasteiger partial charge >= 0.3 is 0 Å². The van der Waals surface area contributed by atoms with E-state index in [4.69, 9.17) is 4.99 Å². The molecule has 0 bridgehead atoms. The minimum atomic E-state index is 0.880. The fourth-order valence-electron chi connectivity index (χ4n) is 1.98. The van der Waals surface area contributed by atoms with Gasteiger partial charge in [-0.15, -0.1) is 0 Å². The molecule has 2 rings (SSSR count). The first-order valence-corrected chi connectivity index (χ1v) is 6.49. The number of hydrogen-bond acceptors (Lipinski definition) is 2. The SMILES string of the molecule is C=C1NC=CC(N=C(C)Cc2ccc(C)cc2)=C1C. The van der Waals surface area contributed by atoms with Gasteiger partial charge in [0.15, 0.2) is 0 Å². The maximum Gasteiger partial charge on any atom is 0.0693 e. The van der Waals surface area contributed by atoms with Crippen LogP contribution in [0, 0.1) is 6.92 Å². The molecule has 19 heavy (non-hydrogen) atoms. The van der Waals surface area contributed by atoms with Gasteiger partial charge in [-0.1, -0.05) is 36.4 Å². The number of benzene rings is 1. The van der Waals surface area contributed by atoms with Gasteiger partial charge in [-0.3, -0.25) is 4.99 Å². The number of rotatable bonds is 3. The Morgan fingerprint density at radius 3 is 2.58 bits per heavy atom. The highest BCUT2D eigenvalue weighted by Crippen LogP contribution is 2.18. The molecule has 1 aromatic carbocycles. The molecule has 0 aromatic heterocycles. The number of dihydropyridines is 1. The highest BCUT2D eigenvalue weighted by Gasteiger charge is 2.06. The van der Waals surface area contributed by atoms with Gasteiger partial charge in [-0.2, -0.15) is 0 Å². The summed E-state index contributed by atoms with van der Waals surface area (Å²) in [6, 6.07) is 8.60. The Morgan fingerprint density at radius 1 is 1.21 bits per heavy atom. The first-order valence-electron chi connectivity index (χ1n) is 6.49. The first-order chi connectivity index (χ1) is 9.06. The Bertz CT molecular complexity index is 572. The predicted molar refractivity (Wildman–Crippen MR) is 82.1 cm³/mol. The lowest BCUT2D eigenvalue weighted by Crippen LogP contribution is -2.10. The highest BCUT2D eigenvalue weighted by atomic mass is 14.9. The minimum absolute atomic E-state index is 0.880. The van der Waals surface area contributed by atoms with Crippen LogP contribution >= 0.6 is 0 Å². The smallest absolute Gasteiger partial charge is 0.0693 e. The second-order valence-electron chi connectivity index (χ2n) is 4.98. The summed E-state index contributed by atoms with van der Waals surface area (Å²) < 4.78 is 0. The summed E-state index contributed by atoms with van der Waals surface area (Å²) in [4.78, 5) is 4.69. The van der Waals surface area contributed by atoms with E-state index in [1.165, 1.54) is 11.1 Å². The average molecular weight is 252 g/mol. The Balaban J connectivity index is 2.15. The van der Waals surface area contributed by atoms with Gasteiger partial charge in [0, 0.05) is 24.0 Å². The van der Waals surface area contributed by atoms with Crippen LogP contribution in [0.1, 0.15) is 25.0 Å². The summed E-state index contributed by atoms with van der Waals surface area (Å²) in [5, 5.41) is 3.09. The van der Waals surface area contributed by atoms with Crippen LogP contribution in [-0.4, -0.2) is 5.71 Å². The maximum atomic E-state index is 4.69. The molecule has 98 valence electrons. The van der Waals surface area contributed by atoms with Crippen molar-refractivity contribution in [3.05, 3.63) is 71.2 Å². The molecule has 0 atom stereocenters. The summed E-state index contributed by atoms with van der Waals surface area (Å²) in [6.45, 7) is 10.2. The van der Waals surface area contributed by atoms with E-state index in [1.54, 1.807) is 0 Å². The van der Waals surface area contributed by atoms with Crippen molar-refractivity contribution in [2.75, 3.05) is 0 Å². The summed E-state index contributed by atoms with van der Waals surface area (Å²) in [7, 11) is 0. The maximum absolute atomic E-state index is 4.69. The van der Waals surface area contributed by atoms with E-state index in [1.807, 2.05) is 19.2 Å². The molecule has 0 fully saturated rings. The van der Waals surface area contributed by atoms with Crippen molar-refractivity contribution in [2.45, 2.75) is 27.2 Å². The normalized spacial score (nSPS) is 15.7. The average Bonchev–Trinajstić information content (AvgIpc) is 2.38. The zero-order valence-corrected chi connectivity index (χ0v) is 11.8. The van der Waals surface area contributed by atoms with Gasteiger partial charge in [0.2, 0.25) is 0 Å². The van der Waals surface area contributed by atoms with E-state index in [0.717, 1.165) is 29.1 Å². The van der Waals surface area contributed by atoms with Crippen LogP contribution in [0.25, 0.3) is 0 Å².